The molecule has 2 aromatic rings. The zero-order valence-corrected chi connectivity index (χ0v) is 18.2. The fourth-order valence-electron chi connectivity index (χ4n) is 5.96. The molecule has 3 aliphatic rings. The van der Waals surface area contributed by atoms with Gasteiger partial charge in [0.2, 0.25) is 0 Å². The summed E-state index contributed by atoms with van der Waals surface area (Å²) in [5.74, 6) is 1.29. The lowest BCUT2D eigenvalue weighted by Gasteiger charge is -2.43. The van der Waals surface area contributed by atoms with Crippen LogP contribution in [-0.2, 0) is 11.3 Å². The quantitative estimate of drug-likeness (QED) is 0.839. The first-order valence-corrected chi connectivity index (χ1v) is 11.4. The molecule has 0 amide bonds. The summed E-state index contributed by atoms with van der Waals surface area (Å²) in [6.45, 7) is 11.0. The van der Waals surface area contributed by atoms with Gasteiger partial charge in [-0.2, -0.15) is 5.10 Å². The van der Waals surface area contributed by atoms with Gasteiger partial charge in [-0.1, -0.05) is 6.07 Å². The molecule has 1 aromatic carbocycles. The maximum Gasteiger partial charge on any atom is 0.0698 e. The smallest absolute Gasteiger partial charge is 0.0698 e. The minimum atomic E-state index is -0.204. The second-order valence-corrected chi connectivity index (χ2v) is 9.50. The van der Waals surface area contributed by atoms with Crippen LogP contribution in [0.15, 0.2) is 30.6 Å². The fraction of sp³-hybridized carbons (Fsp3) is 0.625. The van der Waals surface area contributed by atoms with Gasteiger partial charge in [0, 0.05) is 51.2 Å². The van der Waals surface area contributed by atoms with Gasteiger partial charge in [0.25, 0.3) is 0 Å². The minimum Gasteiger partial charge on any atom is -0.391 e. The molecule has 0 spiro atoms. The molecule has 6 nitrogen and oxygen atoms in total. The Hall–Kier alpha value is -1.73. The number of morpholine rings is 1. The Morgan fingerprint density at radius 2 is 1.87 bits per heavy atom. The first-order chi connectivity index (χ1) is 14.6. The second kappa shape index (κ2) is 8.42. The number of rotatable bonds is 4. The Balaban J connectivity index is 1.31. The number of benzene rings is 1. The molecule has 2 aliphatic heterocycles. The van der Waals surface area contributed by atoms with Crippen molar-refractivity contribution in [1.29, 1.82) is 0 Å². The highest BCUT2D eigenvalue weighted by Crippen LogP contribution is 2.39. The van der Waals surface area contributed by atoms with Crippen molar-refractivity contribution in [2.45, 2.75) is 45.4 Å². The average Bonchev–Trinajstić information content (AvgIpc) is 3.39. The summed E-state index contributed by atoms with van der Waals surface area (Å²) >= 11 is 0. The summed E-state index contributed by atoms with van der Waals surface area (Å²) in [7, 11) is 0. The summed E-state index contributed by atoms with van der Waals surface area (Å²) in [6, 6.07) is 6.81. The molecule has 6 heteroatoms. The molecule has 4 atom stereocenters. The summed E-state index contributed by atoms with van der Waals surface area (Å²) in [5, 5.41) is 15.4. The summed E-state index contributed by atoms with van der Waals surface area (Å²) in [6.07, 6.45) is 5.72. The Kier molecular flexibility index (Phi) is 5.67. The van der Waals surface area contributed by atoms with Gasteiger partial charge in [-0.15, -0.1) is 0 Å². The van der Waals surface area contributed by atoms with Crippen molar-refractivity contribution in [3.63, 3.8) is 0 Å². The number of aryl methyl sites for hydroxylation is 2. The molecule has 0 bridgehead atoms. The van der Waals surface area contributed by atoms with Crippen LogP contribution in [0, 0.1) is 25.7 Å². The van der Waals surface area contributed by atoms with Crippen molar-refractivity contribution in [3.05, 3.63) is 47.3 Å². The van der Waals surface area contributed by atoms with Crippen molar-refractivity contribution in [1.82, 2.24) is 19.6 Å². The highest BCUT2D eigenvalue weighted by molar-refractivity contribution is 5.48. The molecule has 0 radical (unpaired) electrons. The van der Waals surface area contributed by atoms with Crippen LogP contribution in [-0.4, -0.2) is 76.2 Å². The van der Waals surface area contributed by atoms with E-state index in [1.54, 1.807) is 0 Å². The lowest BCUT2D eigenvalue weighted by atomic mass is 9.77. The van der Waals surface area contributed by atoms with Gasteiger partial charge in [0.05, 0.1) is 25.0 Å². The molecular formula is C24H34N4O2. The number of aromatic nitrogens is 2. The Labute approximate surface area is 179 Å². The van der Waals surface area contributed by atoms with E-state index in [1.807, 2.05) is 23.1 Å². The number of fused-ring (bicyclic) bond motifs is 1. The molecular weight excluding hydrogens is 376 g/mol. The van der Waals surface area contributed by atoms with E-state index in [0.29, 0.717) is 17.9 Å². The molecule has 1 N–H and O–H groups in total. The molecule has 3 fully saturated rings. The van der Waals surface area contributed by atoms with E-state index < -0.39 is 0 Å². The monoisotopic (exact) mass is 410 g/mol. The third-order valence-electron chi connectivity index (χ3n) is 7.43. The molecule has 1 aliphatic carbocycles. The molecule has 30 heavy (non-hydrogen) atoms. The number of hydrogen-bond donors (Lipinski definition) is 1. The number of likely N-dealkylation sites (tertiary alicyclic amines) is 1. The van der Waals surface area contributed by atoms with Crippen molar-refractivity contribution in [3.8, 4) is 5.69 Å². The predicted molar refractivity (Wildman–Crippen MR) is 117 cm³/mol. The first-order valence-electron chi connectivity index (χ1n) is 11.4. The van der Waals surface area contributed by atoms with Crippen LogP contribution in [0.2, 0.25) is 0 Å². The topological polar surface area (TPSA) is 53.8 Å². The van der Waals surface area contributed by atoms with Crippen LogP contribution >= 0.6 is 0 Å². The highest BCUT2D eigenvalue weighted by atomic mass is 16.5. The van der Waals surface area contributed by atoms with Gasteiger partial charge in [0.15, 0.2) is 0 Å². The largest absolute Gasteiger partial charge is 0.391 e. The fourth-order valence-corrected chi connectivity index (χ4v) is 5.96. The first kappa shape index (κ1) is 20.2. The Morgan fingerprint density at radius 3 is 2.60 bits per heavy atom. The standard InChI is InChI=1S/C24H34N4O2/c1-17-10-18(2)21(22(11-17)28-5-3-4-25-28)16-26-14-19-12-23(24(29)13-20(19)15-26)27-6-8-30-9-7-27/h3-5,10-11,19-20,23-24,29H,6-9,12-16H2,1-2H3/t19-,20+,23-,24-/m1/s1. The van der Waals surface area contributed by atoms with Crippen molar-refractivity contribution >= 4 is 0 Å². The zero-order valence-electron chi connectivity index (χ0n) is 18.2. The molecule has 5 rings (SSSR count). The minimum absolute atomic E-state index is 0.204. The van der Waals surface area contributed by atoms with Gasteiger partial charge in [0.1, 0.15) is 0 Å². The molecule has 1 aromatic heterocycles. The number of nitrogens with zero attached hydrogens (tertiary/aromatic N) is 4. The van der Waals surface area contributed by atoms with E-state index in [9.17, 15) is 5.11 Å². The Morgan fingerprint density at radius 1 is 1.10 bits per heavy atom. The molecule has 3 heterocycles. The van der Waals surface area contributed by atoms with Gasteiger partial charge < -0.3 is 9.84 Å². The van der Waals surface area contributed by atoms with E-state index in [-0.39, 0.29) is 6.10 Å². The number of ether oxygens (including phenoxy) is 1. The lowest BCUT2D eigenvalue weighted by Crippen LogP contribution is -2.53. The van der Waals surface area contributed by atoms with Gasteiger partial charge in [-0.25, -0.2) is 4.68 Å². The Bertz CT molecular complexity index is 862. The van der Waals surface area contributed by atoms with Crippen LogP contribution < -0.4 is 0 Å². The summed E-state index contributed by atoms with van der Waals surface area (Å²) < 4.78 is 7.52. The van der Waals surface area contributed by atoms with Crippen LogP contribution in [0.25, 0.3) is 5.69 Å². The molecule has 0 unspecified atom stereocenters. The van der Waals surface area contributed by atoms with E-state index in [0.717, 1.165) is 58.8 Å². The molecule has 1 saturated carbocycles. The van der Waals surface area contributed by atoms with Crippen LogP contribution in [0.3, 0.4) is 0 Å². The maximum absolute atomic E-state index is 10.9. The predicted octanol–water partition coefficient (Wildman–Crippen LogP) is 2.39. The van der Waals surface area contributed by atoms with Gasteiger partial charge in [-0.3, -0.25) is 9.80 Å². The zero-order chi connectivity index (χ0) is 20.7. The summed E-state index contributed by atoms with van der Waals surface area (Å²) in [5.41, 5.74) is 5.17. The maximum atomic E-state index is 10.9. The van der Waals surface area contributed by atoms with Crippen molar-refractivity contribution in [2.75, 3.05) is 39.4 Å². The third-order valence-corrected chi connectivity index (χ3v) is 7.43. The lowest BCUT2D eigenvalue weighted by molar-refractivity contribution is -0.0520. The van der Waals surface area contributed by atoms with Gasteiger partial charge in [-0.05, 0) is 67.3 Å². The van der Waals surface area contributed by atoms with E-state index in [4.69, 9.17) is 4.74 Å². The molecule has 162 valence electrons. The summed E-state index contributed by atoms with van der Waals surface area (Å²) in [4.78, 5) is 5.07. The number of hydrogen-bond acceptors (Lipinski definition) is 5. The van der Waals surface area contributed by atoms with E-state index in [1.165, 1.54) is 22.4 Å². The average molecular weight is 411 g/mol. The third kappa shape index (κ3) is 3.94. The second-order valence-electron chi connectivity index (χ2n) is 9.50. The van der Waals surface area contributed by atoms with E-state index >= 15 is 0 Å². The molecule has 2 saturated heterocycles. The highest BCUT2D eigenvalue weighted by Gasteiger charge is 2.43. The van der Waals surface area contributed by atoms with Crippen LogP contribution in [0.5, 0.6) is 0 Å². The van der Waals surface area contributed by atoms with E-state index in [2.05, 4.69) is 40.9 Å². The van der Waals surface area contributed by atoms with Crippen molar-refractivity contribution < 1.29 is 9.84 Å². The van der Waals surface area contributed by atoms with Crippen LogP contribution in [0.4, 0.5) is 0 Å². The van der Waals surface area contributed by atoms with Gasteiger partial charge >= 0.3 is 0 Å². The number of aliphatic hydroxyl groups excluding tert-OH is 1. The van der Waals surface area contributed by atoms with Crippen LogP contribution in [0.1, 0.15) is 29.5 Å². The SMILES string of the molecule is Cc1cc(C)c(CN2C[C@H]3C[C@@H](N4CCOCC4)[C@H](O)C[C@H]3C2)c(-n2cccn2)c1. The van der Waals surface area contributed by atoms with Crippen molar-refractivity contribution in [2.24, 2.45) is 11.8 Å². The normalized spacial score (nSPS) is 30.5. The number of aliphatic hydroxyl groups is 1.